The first-order valence-electron chi connectivity index (χ1n) is 6.12. The van der Waals surface area contributed by atoms with Crippen molar-refractivity contribution >= 4 is 11.0 Å². The summed E-state index contributed by atoms with van der Waals surface area (Å²) in [6.07, 6.45) is 3.56. The largest absolute Gasteiger partial charge is 0.508 e. The Morgan fingerprint density at radius 1 is 1.35 bits per heavy atom. The fourth-order valence-electron chi connectivity index (χ4n) is 2.52. The van der Waals surface area contributed by atoms with Crippen LogP contribution in [0, 0.1) is 0 Å². The highest BCUT2D eigenvalue weighted by Gasteiger charge is 2.31. The number of phenols is 1. The van der Waals surface area contributed by atoms with Crippen molar-refractivity contribution in [1.29, 1.82) is 0 Å². The lowest BCUT2D eigenvalue weighted by Gasteiger charge is -2.33. The molecular formula is C13H17N3O. The van der Waals surface area contributed by atoms with E-state index in [9.17, 15) is 5.11 Å². The van der Waals surface area contributed by atoms with Crippen molar-refractivity contribution in [2.24, 2.45) is 0 Å². The van der Waals surface area contributed by atoms with Crippen LogP contribution in [0.3, 0.4) is 0 Å². The van der Waals surface area contributed by atoms with Crippen molar-refractivity contribution in [2.75, 3.05) is 6.54 Å². The van der Waals surface area contributed by atoms with Crippen LogP contribution in [-0.2, 0) is 5.54 Å². The minimum Gasteiger partial charge on any atom is -0.508 e. The normalized spacial score (nSPS) is 25.2. The molecule has 17 heavy (non-hydrogen) atoms. The van der Waals surface area contributed by atoms with Gasteiger partial charge in [-0.25, -0.2) is 4.98 Å². The number of aromatic hydroxyl groups is 1. The van der Waals surface area contributed by atoms with Gasteiger partial charge in [0.25, 0.3) is 0 Å². The van der Waals surface area contributed by atoms with E-state index in [-0.39, 0.29) is 11.3 Å². The Labute approximate surface area is 100 Å². The highest BCUT2D eigenvalue weighted by molar-refractivity contribution is 5.76. The van der Waals surface area contributed by atoms with Gasteiger partial charge in [-0.1, -0.05) is 0 Å². The molecule has 4 heteroatoms. The molecule has 0 aliphatic carbocycles. The van der Waals surface area contributed by atoms with Gasteiger partial charge in [0.05, 0.1) is 16.6 Å². The number of hydrogen-bond acceptors (Lipinski definition) is 3. The van der Waals surface area contributed by atoms with Gasteiger partial charge in [-0.2, -0.15) is 0 Å². The molecule has 1 aromatic heterocycles. The zero-order chi connectivity index (χ0) is 11.9. The molecule has 0 amide bonds. The zero-order valence-electron chi connectivity index (χ0n) is 9.95. The van der Waals surface area contributed by atoms with Crippen LogP contribution >= 0.6 is 0 Å². The van der Waals surface area contributed by atoms with Gasteiger partial charge in [0.1, 0.15) is 11.6 Å². The standard InChI is InChI=1S/C13H17N3O/c1-13(6-2-3-7-14-13)12-15-10-5-4-9(17)8-11(10)16-12/h4-5,8,14,17H,2-3,6-7H2,1H3,(H,15,16). The lowest BCUT2D eigenvalue weighted by molar-refractivity contribution is 0.271. The van der Waals surface area contributed by atoms with Crippen LogP contribution in [0.2, 0.25) is 0 Å². The van der Waals surface area contributed by atoms with Crippen LogP contribution in [0.4, 0.5) is 0 Å². The second-order valence-electron chi connectivity index (χ2n) is 5.00. The van der Waals surface area contributed by atoms with Crippen molar-refractivity contribution in [1.82, 2.24) is 15.3 Å². The van der Waals surface area contributed by atoms with Gasteiger partial charge in [0, 0.05) is 6.07 Å². The number of fused-ring (bicyclic) bond motifs is 1. The number of hydrogen-bond donors (Lipinski definition) is 3. The molecule has 1 aromatic carbocycles. The summed E-state index contributed by atoms with van der Waals surface area (Å²) in [7, 11) is 0. The maximum Gasteiger partial charge on any atom is 0.127 e. The van der Waals surface area contributed by atoms with E-state index < -0.39 is 0 Å². The Morgan fingerprint density at radius 3 is 3.00 bits per heavy atom. The molecule has 0 bridgehead atoms. The summed E-state index contributed by atoms with van der Waals surface area (Å²) in [5, 5.41) is 13.0. The third-order valence-corrected chi connectivity index (χ3v) is 3.61. The predicted octanol–water partition coefficient (Wildman–Crippen LogP) is 2.26. The minimum absolute atomic E-state index is 0.0626. The van der Waals surface area contributed by atoms with E-state index in [1.54, 1.807) is 12.1 Å². The molecular weight excluding hydrogens is 214 g/mol. The number of rotatable bonds is 1. The first kappa shape index (κ1) is 10.6. The van der Waals surface area contributed by atoms with Crippen LogP contribution in [0.15, 0.2) is 18.2 Å². The smallest absolute Gasteiger partial charge is 0.127 e. The van der Waals surface area contributed by atoms with Gasteiger partial charge in [0.15, 0.2) is 0 Å². The molecule has 0 spiro atoms. The molecule has 3 rings (SSSR count). The summed E-state index contributed by atoms with van der Waals surface area (Å²) in [6, 6.07) is 5.23. The molecule has 0 saturated carbocycles. The van der Waals surface area contributed by atoms with Crippen LogP contribution in [0.5, 0.6) is 5.75 Å². The molecule has 4 nitrogen and oxygen atoms in total. The molecule has 1 unspecified atom stereocenters. The highest BCUT2D eigenvalue weighted by atomic mass is 16.3. The number of nitrogens with one attached hydrogen (secondary N) is 2. The SMILES string of the molecule is CC1(c2nc3ccc(O)cc3[nH]2)CCCCN1. The van der Waals surface area contributed by atoms with Gasteiger partial charge in [0.2, 0.25) is 0 Å². The maximum atomic E-state index is 9.45. The second kappa shape index (κ2) is 3.74. The second-order valence-corrected chi connectivity index (χ2v) is 5.00. The average molecular weight is 231 g/mol. The van der Waals surface area contributed by atoms with E-state index >= 15 is 0 Å². The Kier molecular flexibility index (Phi) is 2.33. The van der Waals surface area contributed by atoms with Crippen molar-refractivity contribution in [3.8, 4) is 5.75 Å². The Balaban J connectivity index is 2.05. The topological polar surface area (TPSA) is 60.9 Å². The fraction of sp³-hybridized carbons (Fsp3) is 0.462. The van der Waals surface area contributed by atoms with Crippen LogP contribution < -0.4 is 5.32 Å². The van der Waals surface area contributed by atoms with Crippen molar-refractivity contribution in [2.45, 2.75) is 31.7 Å². The molecule has 1 atom stereocenters. The van der Waals surface area contributed by atoms with E-state index in [0.717, 1.165) is 29.8 Å². The number of piperidine rings is 1. The number of aromatic amines is 1. The summed E-state index contributed by atoms with van der Waals surface area (Å²) in [5.74, 6) is 1.24. The fourth-order valence-corrected chi connectivity index (χ4v) is 2.52. The summed E-state index contributed by atoms with van der Waals surface area (Å²) in [4.78, 5) is 7.93. The van der Waals surface area contributed by atoms with E-state index in [2.05, 4.69) is 22.2 Å². The Hall–Kier alpha value is -1.55. The van der Waals surface area contributed by atoms with E-state index in [4.69, 9.17) is 0 Å². The van der Waals surface area contributed by atoms with Crippen LogP contribution in [0.1, 0.15) is 32.0 Å². The molecule has 2 aromatic rings. The highest BCUT2D eigenvalue weighted by Crippen LogP contribution is 2.29. The monoisotopic (exact) mass is 231 g/mol. The minimum atomic E-state index is -0.0626. The summed E-state index contributed by atoms with van der Waals surface area (Å²) >= 11 is 0. The van der Waals surface area contributed by atoms with Crippen LogP contribution in [0.25, 0.3) is 11.0 Å². The first-order chi connectivity index (χ1) is 8.17. The number of nitrogens with zero attached hydrogens (tertiary/aromatic N) is 1. The molecule has 0 radical (unpaired) electrons. The quantitative estimate of drug-likeness (QED) is 0.705. The lowest BCUT2D eigenvalue weighted by Crippen LogP contribution is -2.44. The van der Waals surface area contributed by atoms with Crippen molar-refractivity contribution in [3.63, 3.8) is 0 Å². The zero-order valence-corrected chi connectivity index (χ0v) is 9.95. The third-order valence-electron chi connectivity index (χ3n) is 3.61. The van der Waals surface area contributed by atoms with Crippen LogP contribution in [-0.4, -0.2) is 21.6 Å². The van der Waals surface area contributed by atoms with Gasteiger partial charge in [-0.15, -0.1) is 0 Å². The average Bonchev–Trinajstić information content (AvgIpc) is 2.73. The van der Waals surface area contributed by atoms with Crippen molar-refractivity contribution in [3.05, 3.63) is 24.0 Å². The summed E-state index contributed by atoms with van der Waals surface area (Å²) < 4.78 is 0. The Bertz CT molecular complexity index is 541. The molecule has 1 fully saturated rings. The van der Waals surface area contributed by atoms with Gasteiger partial charge in [-0.05, 0) is 44.9 Å². The molecule has 90 valence electrons. The maximum absolute atomic E-state index is 9.45. The molecule has 1 saturated heterocycles. The van der Waals surface area contributed by atoms with E-state index in [1.807, 2.05) is 6.07 Å². The van der Waals surface area contributed by atoms with Gasteiger partial charge in [-0.3, -0.25) is 0 Å². The first-order valence-corrected chi connectivity index (χ1v) is 6.12. The molecule has 2 heterocycles. The number of aromatic nitrogens is 2. The molecule has 1 aliphatic heterocycles. The molecule has 3 N–H and O–H groups in total. The predicted molar refractivity (Wildman–Crippen MR) is 67.0 cm³/mol. The van der Waals surface area contributed by atoms with Gasteiger partial charge >= 0.3 is 0 Å². The number of benzene rings is 1. The van der Waals surface area contributed by atoms with E-state index in [0.29, 0.717) is 0 Å². The molecule has 1 aliphatic rings. The van der Waals surface area contributed by atoms with E-state index in [1.165, 1.54) is 12.8 Å². The van der Waals surface area contributed by atoms with Crippen molar-refractivity contribution < 1.29 is 5.11 Å². The summed E-state index contributed by atoms with van der Waals surface area (Å²) in [5.41, 5.74) is 1.74. The Morgan fingerprint density at radius 2 is 2.24 bits per heavy atom. The van der Waals surface area contributed by atoms with Gasteiger partial charge < -0.3 is 15.4 Å². The summed E-state index contributed by atoms with van der Waals surface area (Å²) in [6.45, 7) is 3.22. The number of phenolic OH excluding ortho intramolecular Hbond substituents is 1. The number of H-pyrrole nitrogens is 1. The number of imidazole rings is 1. The lowest BCUT2D eigenvalue weighted by atomic mass is 9.90. The third kappa shape index (κ3) is 1.78.